The molecule has 2 fully saturated rings. The van der Waals surface area contributed by atoms with Crippen LogP contribution in [0.4, 0.5) is 15.3 Å². The molecule has 2 aromatic rings. The molecule has 2 unspecified atom stereocenters. The van der Waals surface area contributed by atoms with Crippen molar-refractivity contribution >= 4 is 94.6 Å². The first-order valence-corrected chi connectivity index (χ1v) is 37.0. The van der Waals surface area contributed by atoms with Crippen LogP contribution >= 0.6 is 11.8 Å². The molecule has 2 heterocycles. The van der Waals surface area contributed by atoms with Crippen molar-refractivity contribution < 1.29 is 86.4 Å². The second-order valence-corrected chi connectivity index (χ2v) is 29.4. The average Bonchev–Trinajstić information content (AvgIpc) is 1.80. The topological polar surface area (TPSA) is 428 Å². The highest BCUT2D eigenvalue weighted by molar-refractivity contribution is 8.01. The molecular weight excluding hydrogens is 1380 g/mol. The number of benzene rings is 2. The summed E-state index contributed by atoms with van der Waals surface area (Å²) in [5, 5.41) is 27.7. The van der Waals surface area contributed by atoms with Crippen molar-refractivity contribution in [3.8, 4) is 0 Å². The molecule has 12 N–H and O–H groups in total. The van der Waals surface area contributed by atoms with E-state index in [4.69, 9.17) is 30.4 Å². The number of carbonyl (C=O) groups is 13. The van der Waals surface area contributed by atoms with E-state index in [-0.39, 0.29) is 76.1 Å². The quantitative estimate of drug-likeness (QED) is 0.0257. The molecule has 4 rings (SSSR count). The van der Waals surface area contributed by atoms with Gasteiger partial charge in [0, 0.05) is 73.6 Å². The predicted molar refractivity (Wildman–Crippen MR) is 393 cm³/mol. The van der Waals surface area contributed by atoms with E-state index in [9.17, 15) is 67.4 Å². The molecule has 0 aromatic heterocycles. The number of primary amides is 2. The van der Waals surface area contributed by atoms with E-state index in [0.29, 0.717) is 61.9 Å². The van der Waals surface area contributed by atoms with Crippen LogP contribution in [0.5, 0.6) is 0 Å². The number of aliphatic hydroxyl groups excluding tert-OH is 1. The second kappa shape index (κ2) is 43.9. The Hall–Kier alpha value is -8.46. The number of aliphatic hydroxyl groups is 1. The smallest absolute Gasteiger partial charge is 0.410 e. The minimum atomic E-state index is -1.26. The number of unbranched alkanes of at least 4 members (excludes halogenated alkanes) is 2. The molecule has 0 saturated carbocycles. The van der Waals surface area contributed by atoms with E-state index in [1.165, 1.54) is 33.3 Å². The van der Waals surface area contributed by atoms with Crippen LogP contribution < -0.4 is 48.7 Å². The van der Waals surface area contributed by atoms with E-state index in [0.717, 1.165) is 21.6 Å². The predicted octanol–water partition coefficient (Wildman–Crippen LogP) is 3.59. The molecule has 14 amide bonds. The van der Waals surface area contributed by atoms with Crippen molar-refractivity contribution in [3.63, 3.8) is 0 Å². The molecule has 586 valence electrons. The summed E-state index contributed by atoms with van der Waals surface area (Å²) in [4.78, 5) is 179. The summed E-state index contributed by atoms with van der Waals surface area (Å²) >= 11 is 0.768. The van der Waals surface area contributed by atoms with E-state index < -0.39 is 160 Å². The van der Waals surface area contributed by atoms with Gasteiger partial charge in [-0.2, -0.15) is 0 Å². The maximum Gasteiger partial charge on any atom is 0.410 e. The Balaban J connectivity index is 1.35. The van der Waals surface area contributed by atoms with Gasteiger partial charge in [0.15, 0.2) is 5.37 Å². The third-order valence-electron chi connectivity index (χ3n) is 19.1. The van der Waals surface area contributed by atoms with Crippen LogP contribution in [0.1, 0.15) is 157 Å². The lowest BCUT2D eigenvalue weighted by molar-refractivity contribution is -0.148. The summed E-state index contributed by atoms with van der Waals surface area (Å²) in [7, 11) is 7.34. The van der Waals surface area contributed by atoms with Crippen molar-refractivity contribution in [2.75, 3.05) is 67.0 Å². The number of nitrogens with two attached hydrogens (primary N) is 2. The lowest BCUT2D eigenvalue weighted by atomic mass is 9.89. The number of likely N-dealkylation sites (N-methyl/N-ethyl adjacent to an activating group) is 2. The number of thioether (sulfide) groups is 1. The van der Waals surface area contributed by atoms with Crippen LogP contribution in [0.25, 0.3) is 0 Å². The zero-order valence-electron chi connectivity index (χ0n) is 63.6. The summed E-state index contributed by atoms with van der Waals surface area (Å²) in [6, 6.07) is 8.42. The average molecular weight is 1490 g/mol. The number of urea groups is 1. The van der Waals surface area contributed by atoms with Gasteiger partial charge in [0.1, 0.15) is 37.4 Å². The number of nitrogens with zero attached hydrogens (tertiary/aromatic N) is 4. The molecule has 0 radical (unpaired) electrons. The molecule has 2 aliphatic rings. The van der Waals surface area contributed by atoms with Gasteiger partial charge < -0.3 is 82.5 Å². The van der Waals surface area contributed by atoms with Crippen LogP contribution in [0.3, 0.4) is 0 Å². The maximum absolute atomic E-state index is 14.8. The van der Waals surface area contributed by atoms with Crippen molar-refractivity contribution in [2.24, 2.45) is 41.1 Å². The Bertz CT molecular complexity index is 3240. The van der Waals surface area contributed by atoms with Crippen LogP contribution in [0.15, 0.2) is 54.6 Å². The molecular formula is C73H115N13O18S. The molecule has 2 saturated heterocycles. The lowest BCUT2D eigenvalue weighted by Crippen LogP contribution is -2.60. The number of carbonyl (C=O) groups excluding carboxylic acids is 13. The van der Waals surface area contributed by atoms with Gasteiger partial charge in [-0.25, -0.2) is 9.59 Å². The van der Waals surface area contributed by atoms with Crippen LogP contribution in [-0.4, -0.2) is 229 Å². The minimum absolute atomic E-state index is 0.00966. The lowest BCUT2D eigenvalue weighted by Gasteiger charge is -2.41. The number of methoxy groups -OCH3 is 3. The highest BCUT2D eigenvalue weighted by Crippen LogP contribution is 2.32. The normalized spacial score (nSPS) is 17.9. The third kappa shape index (κ3) is 26.8. The fourth-order valence-corrected chi connectivity index (χ4v) is 14.2. The number of nitrogens with one attached hydrogen (secondary N) is 7. The number of amides is 14. The van der Waals surface area contributed by atoms with Gasteiger partial charge in [0.25, 0.3) is 5.91 Å². The molecule has 14 atom stereocenters. The summed E-state index contributed by atoms with van der Waals surface area (Å²) in [6.07, 6.45) is -0.343. The van der Waals surface area contributed by atoms with Crippen LogP contribution in [0.2, 0.25) is 0 Å². The van der Waals surface area contributed by atoms with E-state index >= 15 is 0 Å². The maximum atomic E-state index is 14.8. The Morgan fingerprint density at radius 3 is 1.95 bits per heavy atom. The minimum Gasteiger partial charge on any atom is -0.445 e. The number of imide groups is 1. The first kappa shape index (κ1) is 88.9. The monoisotopic (exact) mass is 1490 g/mol. The Morgan fingerprint density at radius 2 is 1.37 bits per heavy atom. The summed E-state index contributed by atoms with van der Waals surface area (Å²) in [6.45, 7) is 17.9. The standard InChI is InChI=1S/C73H115N13O18S/c1-16-44(8)61(52(102-14)37-56(89)85-36-24-28-51(85)63(103-15)45(9)65(93)77-46(10)62(91)48-25-19-17-20-26-48)83(11)71(98)59(42(4)5)82-68(96)60(43(6)7)84(12)73(100)104-39-47-30-32-49(33-31-47)78-66(94)50(27-23-34-76-72(75)99)79-67(95)58(41(2)3)80-54(87)29-21-18-22-35-86-57(90)38-53(70(86)97)105-69(64(74)92)81-55(88)40-101-13/h17,19-20,25-26,30-33,41-46,50-53,58-63,69,91H,16,18,21-24,27-29,34-40H2,1-15H3,(H2,74,92)(H,77,93)(H,78,94)(H,79,95)(H,80,87)(H,81,88)(H,82,96)(H3,75,76,99)/t44-,45+,46+,50-,51-,52+,53?,58-,59+,60-,61-,62+,63+,69?/m0/s1. The molecule has 0 bridgehead atoms. The van der Waals surface area contributed by atoms with Crippen molar-refractivity contribution in [3.05, 3.63) is 65.7 Å². The molecule has 0 aliphatic carbocycles. The molecule has 31 nitrogen and oxygen atoms in total. The summed E-state index contributed by atoms with van der Waals surface area (Å²) in [5.41, 5.74) is 12.2. The van der Waals surface area contributed by atoms with E-state index in [1.807, 2.05) is 32.0 Å². The van der Waals surface area contributed by atoms with Gasteiger partial charge in [0.05, 0.1) is 54.0 Å². The number of rotatable bonds is 44. The molecule has 105 heavy (non-hydrogen) atoms. The summed E-state index contributed by atoms with van der Waals surface area (Å²) in [5.74, 6) is -8.11. The first-order chi connectivity index (χ1) is 49.6. The number of anilines is 1. The number of hydrogen-bond acceptors (Lipinski definition) is 19. The van der Waals surface area contributed by atoms with Gasteiger partial charge in [0.2, 0.25) is 59.1 Å². The zero-order chi connectivity index (χ0) is 78.5. The SMILES string of the molecule is CC[C@H](C)[C@@H]([C@@H](CC(=O)N1CCC[C@H]1[C@H](OC)[C@@H](C)C(=O)N[C@H](C)[C@@H](O)c1ccccc1)OC)N(C)C(=O)[C@H](NC(=O)[C@H](C(C)C)N(C)C(=O)OCc1ccc(NC(=O)[C@H](CCCNC(N)=O)NC(=O)[C@@H](NC(=O)CCCCCN2C(=O)CC(SC(NC(=O)COC)C(N)=O)C2=O)C(C)C)cc1)C(C)C. The molecule has 2 aromatic carbocycles. The highest BCUT2D eigenvalue weighted by atomic mass is 32.2. The van der Waals surface area contributed by atoms with Gasteiger partial charge in [-0.15, -0.1) is 11.8 Å². The van der Waals surface area contributed by atoms with E-state index in [1.54, 1.807) is 104 Å². The van der Waals surface area contributed by atoms with Gasteiger partial charge in [-0.1, -0.05) is 118 Å². The van der Waals surface area contributed by atoms with Crippen molar-refractivity contribution in [1.82, 2.24) is 51.5 Å². The second-order valence-electron chi connectivity index (χ2n) is 28.1. The number of ether oxygens (including phenoxy) is 4. The van der Waals surface area contributed by atoms with Crippen molar-refractivity contribution in [1.29, 1.82) is 0 Å². The third-order valence-corrected chi connectivity index (χ3v) is 20.5. The molecule has 2 aliphatic heterocycles. The van der Waals surface area contributed by atoms with Crippen molar-refractivity contribution in [2.45, 2.75) is 218 Å². The van der Waals surface area contributed by atoms with Gasteiger partial charge in [-0.3, -0.25) is 62.5 Å². The fourth-order valence-electron chi connectivity index (χ4n) is 13.1. The number of hydrogen-bond donors (Lipinski definition) is 10. The number of likely N-dealkylation sites (tertiary alicyclic amines) is 2. The molecule has 0 spiro atoms. The fraction of sp³-hybridized carbons (Fsp3) is 0.658. The van der Waals surface area contributed by atoms with E-state index in [2.05, 4.69) is 37.2 Å². The zero-order valence-corrected chi connectivity index (χ0v) is 64.4. The highest BCUT2D eigenvalue weighted by Gasteiger charge is 2.45. The summed E-state index contributed by atoms with van der Waals surface area (Å²) < 4.78 is 22.5. The largest absolute Gasteiger partial charge is 0.445 e. The Labute approximate surface area is 621 Å². The first-order valence-electron chi connectivity index (χ1n) is 36.1. The Kier molecular flexibility index (Phi) is 37.1. The van der Waals surface area contributed by atoms with Gasteiger partial charge in [-0.05, 0) is 92.4 Å². The molecule has 32 heteroatoms. The van der Waals surface area contributed by atoms with Gasteiger partial charge >= 0.3 is 12.1 Å². The Morgan fingerprint density at radius 1 is 0.714 bits per heavy atom. The van der Waals surface area contributed by atoms with Crippen LogP contribution in [-0.2, 0) is 78.3 Å². The van der Waals surface area contributed by atoms with Crippen LogP contribution in [0, 0.1) is 29.6 Å².